The monoisotopic (exact) mass is 651 g/mol. The van der Waals surface area contributed by atoms with E-state index in [0.717, 1.165) is 54.7 Å². The number of carbonyl (C=O) groups is 2. The average Bonchev–Trinajstić information content (AvgIpc) is 3.78. The molecule has 5 fully saturated rings. The predicted octanol–water partition coefficient (Wildman–Crippen LogP) is 4.91. The minimum absolute atomic E-state index is 0. The molecule has 2 amide bonds. The van der Waals surface area contributed by atoms with Crippen LogP contribution in [0.5, 0.6) is 11.5 Å². The Balaban J connectivity index is 0.00000372. The smallest absolute Gasteiger partial charge is 0.454 e. The van der Waals surface area contributed by atoms with E-state index in [1.165, 1.54) is 6.42 Å². The number of rotatable bonds is 10. The van der Waals surface area contributed by atoms with E-state index in [0.29, 0.717) is 43.3 Å². The molecule has 0 unspecified atom stereocenters. The molecule has 2 aromatic carbocycles. The molecule has 2 aromatic rings. The highest BCUT2D eigenvalue weighted by molar-refractivity contribution is 6.48. The van der Waals surface area contributed by atoms with Crippen LogP contribution in [0.15, 0.2) is 42.5 Å². The normalized spacial score (nSPS) is 29.0. The molecule has 6 atom stereocenters. The molecule has 46 heavy (non-hydrogen) atoms. The second-order valence-electron chi connectivity index (χ2n) is 14.5. The van der Waals surface area contributed by atoms with Crippen LogP contribution in [0.4, 0.5) is 0 Å². The Bertz CT molecular complexity index is 1460. The number of benzene rings is 2. The molecular formula is C35H47BClN3O6. The molecule has 0 spiro atoms. The van der Waals surface area contributed by atoms with Gasteiger partial charge in [-0.25, -0.2) is 0 Å². The fourth-order valence-corrected chi connectivity index (χ4v) is 8.68. The summed E-state index contributed by atoms with van der Waals surface area (Å²) in [6, 6.07) is 13.1. The van der Waals surface area contributed by atoms with Crippen molar-refractivity contribution < 1.29 is 28.4 Å². The maximum atomic E-state index is 13.9. The maximum absolute atomic E-state index is 13.9. The van der Waals surface area contributed by atoms with Gasteiger partial charge in [0.2, 0.25) is 12.7 Å². The number of unbranched alkanes of at least 4 members (excludes halogenated alkanes) is 1. The lowest BCUT2D eigenvalue weighted by atomic mass is 9.43. The number of nitrogens with one attached hydrogen (secondary N) is 1. The summed E-state index contributed by atoms with van der Waals surface area (Å²) in [7, 11) is -0.504. The SMILES string of the molecule is CC1(C)[C@@H]2C[C@H]1[C@]1(C)OB([C@H](CCCCN)NC(=O)[C@@H]3CCCN3C(=O)c3cccc(Cc4ccc5c(c4)OCO5)c3)O[C@@H]1C2.Cl. The predicted molar refractivity (Wildman–Crippen MR) is 178 cm³/mol. The molecule has 3 aliphatic heterocycles. The van der Waals surface area contributed by atoms with E-state index in [1.54, 1.807) is 4.90 Å². The van der Waals surface area contributed by atoms with Crippen LogP contribution in [0.25, 0.3) is 0 Å². The van der Waals surface area contributed by atoms with Gasteiger partial charge < -0.3 is 34.7 Å². The van der Waals surface area contributed by atoms with Crippen molar-refractivity contribution in [2.24, 2.45) is 23.0 Å². The van der Waals surface area contributed by atoms with Crippen molar-refractivity contribution in [3.05, 3.63) is 59.2 Å². The number of amides is 2. The van der Waals surface area contributed by atoms with Gasteiger partial charge in [-0.05, 0) is 111 Å². The Morgan fingerprint density at radius 1 is 1.07 bits per heavy atom. The second-order valence-corrected chi connectivity index (χ2v) is 14.5. The van der Waals surface area contributed by atoms with E-state index in [9.17, 15) is 9.59 Å². The molecule has 3 aliphatic carbocycles. The largest absolute Gasteiger partial charge is 0.481 e. The maximum Gasteiger partial charge on any atom is 0.481 e. The van der Waals surface area contributed by atoms with E-state index in [-0.39, 0.29) is 54.1 Å². The zero-order valence-electron chi connectivity index (χ0n) is 27.2. The third-order valence-electron chi connectivity index (χ3n) is 11.4. The third kappa shape index (κ3) is 5.91. The molecule has 2 saturated heterocycles. The highest BCUT2D eigenvalue weighted by Gasteiger charge is 2.68. The summed E-state index contributed by atoms with van der Waals surface area (Å²) in [5.74, 6) is 2.05. The summed E-state index contributed by atoms with van der Waals surface area (Å²) < 4.78 is 24.3. The van der Waals surface area contributed by atoms with E-state index >= 15 is 0 Å². The summed E-state index contributed by atoms with van der Waals surface area (Å²) in [6.07, 6.45) is 6.75. The van der Waals surface area contributed by atoms with Gasteiger partial charge in [0.1, 0.15) is 6.04 Å². The van der Waals surface area contributed by atoms with Crippen molar-refractivity contribution in [2.45, 2.75) is 95.8 Å². The van der Waals surface area contributed by atoms with Crippen LogP contribution in [-0.2, 0) is 20.5 Å². The molecule has 3 heterocycles. The van der Waals surface area contributed by atoms with Crippen LogP contribution < -0.4 is 20.5 Å². The van der Waals surface area contributed by atoms with Gasteiger partial charge in [-0.15, -0.1) is 12.4 Å². The van der Waals surface area contributed by atoms with Gasteiger partial charge in [0, 0.05) is 12.1 Å². The molecule has 2 bridgehead atoms. The number of nitrogens with two attached hydrogens (primary N) is 1. The Labute approximate surface area is 278 Å². The van der Waals surface area contributed by atoms with Gasteiger partial charge in [0.05, 0.1) is 17.6 Å². The van der Waals surface area contributed by atoms with E-state index < -0.39 is 13.2 Å². The van der Waals surface area contributed by atoms with Crippen LogP contribution in [0.3, 0.4) is 0 Å². The summed E-state index contributed by atoms with van der Waals surface area (Å²) in [6.45, 7) is 8.30. The summed E-state index contributed by atoms with van der Waals surface area (Å²) in [4.78, 5) is 29.5. The summed E-state index contributed by atoms with van der Waals surface area (Å²) >= 11 is 0. The summed E-state index contributed by atoms with van der Waals surface area (Å²) in [5.41, 5.74) is 8.40. The number of hydrogen-bond donors (Lipinski definition) is 2. The molecule has 11 heteroatoms. The molecule has 0 aromatic heterocycles. The standard InChI is InChI=1S/C35H46BN3O6.ClH/c1-34(2)25-19-29(34)35(3)30(20-25)44-36(45-35)31(11-4-5-14-37)38-32(40)26-10-7-15-39(26)33(41)24-9-6-8-22(17-24)16-23-12-13-27-28(18-23)43-21-42-27;/h6,8-9,12-13,17-18,25-26,29-31H,4-5,7,10-11,14-16,19-21,37H2,1-3H3,(H,38,40);1H/t25-,26+,29-,30-,31+,35+;/m1./s1. The number of ether oxygens (including phenoxy) is 2. The molecule has 6 aliphatic rings. The quantitative estimate of drug-likeness (QED) is 0.277. The lowest BCUT2D eigenvalue weighted by molar-refractivity contribution is -0.199. The number of halogens is 1. The number of carbonyl (C=O) groups excluding carboxylic acids is 2. The Hall–Kier alpha value is -2.79. The number of fused-ring (bicyclic) bond motifs is 1. The van der Waals surface area contributed by atoms with Crippen molar-refractivity contribution in [2.75, 3.05) is 19.9 Å². The molecule has 8 rings (SSSR count). The highest BCUT2D eigenvalue weighted by atomic mass is 35.5. The fraction of sp³-hybridized carbons (Fsp3) is 0.600. The minimum atomic E-state index is -0.530. The van der Waals surface area contributed by atoms with Gasteiger partial charge in [-0.1, -0.05) is 38.5 Å². The minimum Gasteiger partial charge on any atom is -0.454 e. The molecule has 3 saturated carbocycles. The average molecular weight is 652 g/mol. The zero-order valence-corrected chi connectivity index (χ0v) is 28.0. The third-order valence-corrected chi connectivity index (χ3v) is 11.4. The number of nitrogens with zero attached hydrogens (tertiary/aromatic N) is 1. The van der Waals surface area contributed by atoms with Gasteiger partial charge in [-0.2, -0.15) is 0 Å². The Morgan fingerprint density at radius 2 is 1.87 bits per heavy atom. The van der Waals surface area contributed by atoms with Crippen molar-refractivity contribution >= 4 is 31.3 Å². The second kappa shape index (κ2) is 13.0. The van der Waals surface area contributed by atoms with E-state index in [2.05, 4.69) is 26.1 Å². The van der Waals surface area contributed by atoms with E-state index in [1.807, 2.05) is 42.5 Å². The van der Waals surface area contributed by atoms with Crippen LogP contribution in [0, 0.1) is 17.3 Å². The Kier molecular flexibility index (Phi) is 9.38. The lowest BCUT2D eigenvalue weighted by Crippen LogP contribution is -2.65. The van der Waals surface area contributed by atoms with Crippen LogP contribution in [0.1, 0.15) is 87.2 Å². The first kappa shape index (κ1) is 33.1. The van der Waals surface area contributed by atoms with Gasteiger partial charge in [-0.3, -0.25) is 9.59 Å². The molecule has 3 N–H and O–H groups in total. The van der Waals surface area contributed by atoms with E-state index in [4.69, 9.17) is 24.5 Å². The van der Waals surface area contributed by atoms with Crippen molar-refractivity contribution in [1.29, 1.82) is 0 Å². The lowest BCUT2D eigenvalue weighted by Gasteiger charge is -2.64. The van der Waals surface area contributed by atoms with Crippen molar-refractivity contribution in [3.63, 3.8) is 0 Å². The first-order chi connectivity index (χ1) is 21.7. The first-order valence-corrected chi connectivity index (χ1v) is 16.8. The van der Waals surface area contributed by atoms with Crippen LogP contribution >= 0.6 is 12.4 Å². The first-order valence-electron chi connectivity index (χ1n) is 16.8. The topological polar surface area (TPSA) is 112 Å². The molecule has 9 nitrogen and oxygen atoms in total. The van der Waals surface area contributed by atoms with Crippen LogP contribution in [0.2, 0.25) is 0 Å². The van der Waals surface area contributed by atoms with Gasteiger partial charge in [0.25, 0.3) is 5.91 Å². The molecular weight excluding hydrogens is 605 g/mol. The van der Waals surface area contributed by atoms with Crippen molar-refractivity contribution in [1.82, 2.24) is 10.2 Å². The number of likely N-dealkylation sites (tertiary alicyclic amines) is 1. The molecule has 248 valence electrons. The highest BCUT2D eigenvalue weighted by Crippen LogP contribution is 2.65. The number of hydrogen-bond acceptors (Lipinski definition) is 7. The van der Waals surface area contributed by atoms with Gasteiger partial charge in [0.15, 0.2) is 11.5 Å². The van der Waals surface area contributed by atoms with Crippen molar-refractivity contribution in [3.8, 4) is 11.5 Å². The fourth-order valence-electron chi connectivity index (χ4n) is 8.68. The van der Waals surface area contributed by atoms with Crippen LogP contribution in [-0.4, -0.2) is 67.4 Å². The Morgan fingerprint density at radius 3 is 2.67 bits per heavy atom. The van der Waals surface area contributed by atoms with Gasteiger partial charge >= 0.3 is 7.12 Å². The zero-order chi connectivity index (χ0) is 31.3. The molecule has 0 radical (unpaired) electrons. The summed E-state index contributed by atoms with van der Waals surface area (Å²) in [5, 5.41) is 3.29.